The summed E-state index contributed by atoms with van der Waals surface area (Å²) >= 11 is 0. The second-order valence-corrected chi connectivity index (χ2v) is 3.49. The second-order valence-electron chi connectivity index (χ2n) is 3.49. The van der Waals surface area contributed by atoms with E-state index in [4.69, 9.17) is 5.73 Å². The number of rotatable bonds is 2. The molecule has 0 aliphatic heterocycles. The lowest BCUT2D eigenvalue weighted by atomic mass is 9.99. The molecule has 0 radical (unpaired) electrons. The zero-order valence-corrected chi connectivity index (χ0v) is 10.5. The van der Waals surface area contributed by atoms with Crippen molar-refractivity contribution < 1.29 is 0 Å². The van der Waals surface area contributed by atoms with Crippen molar-refractivity contribution >= 4 is 10.8 Å². The van der Waals surface area contributed by atoms with Crippen LogP contribution >= 0.6 is 0 Å². The van der Waals surface area contributed by atoms with E-state index in [2.05, 4.69) is 43.3 Å². The van der Waals surface area contributed by atoms with Gasteiger partial charge >= 0.3 is 0 Å². The second kappa shape index (κ2) is 6.29. The number of hydrogen-bond donors (Lipinski definition) is 1. The fraction of sp³-hybridized carbons (Fsp3) is 0.333. The topological polar surface area (TPSA) is 26.0 Å². The first kappa shape index (κ1) is 12.7. The van der Waals surface area contributed by atoms with Crippen LogP contribution in [0.2, 0.25) is 0 Å². The van der Waals surface area contributed by atoms with Crippen LogP contribution in [0.1, 0.15) is 31.9 Å². The minimum atomic E-state index is 0.616. The molecule has 0 saturated heterocycles. The summed E-state index contributed by atoms with van der Waals surface area (Å²) < 4.78 is 0. The zero-order chi connectivity index (χ0) is 12.0. The van der Waals surface area contributed by atoms with Gasteiger partial charge in [0.25, 0.3) is 0 Å². The highest BCUT2D eigenvalue weighted by molar-refractivity contribution is 5.88. The van der Waals surface area contributed by atoms with E-state index in [0.717, 1.165) is 6.42 Å². The third kappa shape index (κ3) is 2.42. The molecule has 2 aromatic carbocycles. The summed E-state index contributed by atoms with van der Waals surface area (Å²) in [5.74, 6) is 0. The molecule has 0 fully saturated rings. The van der Waals surface area contributed by atoms with Gasteiger partial charge in [0.2, 0.25) is 0 Å². The highest BCUT2D eigenvalue weighted by Crippen LogP contribution is 2.22. The zero-order valence-electron chi connectivity index (χ0n) is 10.5. The molecule has 2 aromatic rings. The molecule has 0 aliphatic rings. The van der Waals surface area contributed by atoms with Gasteiger partial charge in [-0.25, -0.2) is 0 Å². The van der Waals surface area contributed by atoms with Crippen molar-refractivity contribution in [1.82, 2.24) is 0 Å². The SMILES string of the molecule is CC.CCc1cccc2c(CN)cccc12. The predicted molar refractivity (Wildman–Crippen MR) is 72.6 cm³/mol. The molecule has 0 heterocycles. The van der Waals surface area contributed by atoms with Gasteiger partial charge in [-0.1, -0.05) is 57.2 Å². The van der Waals surface area contributed by atoms with E-state index >= 15 is 0 Å². The maximum Gasteiger partial charge on any atom is 0.0184 e. The minimum Gasteiger partial charge on any atom is -0.326 e. The molecule has 0 aliphatic carbocycles. The van der Waals surface area contributed by atoms with Gasteiger partial charge in [0.1, 0.15) is 0 Å². The smallest absolute Gasteiger partial charge is 0.0184 e. The van der Waals surface area contributed by atoms with E-state index in [9.17, 15) is 0 Å². The Hall–Kier alpha value is -1.34. The average Bonchev–Trinajstić information content (AvgIpc) is 2.39. The van der Waals surface area contributed by atoms with Gasteiger partial charge in [-0.2, -0.15) is 0 Å². The van der Waals surface area contributed by atoms with E-state index in [1.54, 1.807) is 0 Å². The summed E-state index contributed by atoms with van der Waals surface area (Å²) in [6.45, 7) is 6.80. The molecule has 1 heteroatoms. The van der Waals surface area contributed by atoms with Crippen molar-refractivity contribution in [1.29, 1.82) is 0 Å². The lowest BCUT2D eigenvalue weighted by Gasteiger charge is -2.07. The standard InChI is InChI=1S/C13H15N.C2H6/c1-2-10-5-3-8-13-11(9-14)6-4-7-12(10)13;1-2/h3-8H,2,9,14H2,1H3;1-2H3. The highest BCUT2D eigenvalue weighted by Gasteiger charge is 2.01. The van der Waals surface area contributed by atoms with E-state index in [1.165, 1.54) is 21.9 Å². The van der Waals surface area contributed by atoms with E-state index in [-0.39, 0.29) is 0 Å². The Morgan fingerprint density at radius 1 is 0.875 bits per heavy atom. The molecule has 16 heavy (non-hydrogen) atoms. The van der Waals surface area contributed by atoms with Crippen molar-refractivity contribution in [2.45, 2.75) is 33.7 Å². The highest BCUT2D eigenvalue weighted by atomic mass is 14.5. The summed E-state index contributed by atoms with van der Waals surface area (Å²) in [7, 11) is 0. The molecular weight excluding hydrogens is 194 g/mol. The lowest BCUT2D eigenvalue weighted by molar-refractivity contribution is 1.08. The molecule has 0 atom stereocenters. The fourth-order valence-corrected chi connectivity index (χ4v) is 1.93. The Bertz CT molecular complexity index is 403. The van der Waals surface area contributed by atoms with Gasteiger partial charge in [-0.15, -0.1) is 0 Å². The molecule has 0 spiro atoms. The monoisotopic (exact) mass is 215 g/mol. The van der Waals surface area contributed by atoms with Gasteiger partial charge in [0.15, 0.2) is 0 Å². The van der Waals surface area contributed by atoms with Crippen LogP contribution in [0.15, 0.2) is 36.4 Å². The number of benzene rings is 2. The first-order valence-corrected chi connectivity index (χ1v) is 6.06. The van der Waals surface area contributed by atoms with Crippen LogP contribution in [0.25, 0.3) is 10.8 Å². The first-order chi connectivity index (χ1) is 7.86. The molecule has 0 aromatic heterocycles. The number of aryl methyl sites for hydroxylation is 1. The maximum absolute atomic E-state index is 5.71. The third-order valence-corrected chi connectivity index (χ3v) is 2.70. The quantitative estimate of drug-likeness (QED) is 0.808. The van der Waals surface area contributed by atoms with E-state index in [1.807, 2.05) is 13.8 Å². The predicted octanol–water partition coefficient (Wildman–Crippen LogP) is 3.89. The minimum absolute atomic E-state index is 0.616. The Morgan fingerprint density at radius 2 is 1.38 bits per heavy atom. The summed E-state index contributed by atoms with van der Waals surface area (Å²) in [4.78, 5) is 0. The molecule has 86 valence electrons. The van der Waals surface area contributed by atoms with Crippen LogP contribution in [0.4, 0.5) is 0 Å². The van der Waals surface area contributed by atoms with Crippen molar-refractivity contribution in [3.8, 4) is 0 Å². The Labute approximate surface area is 98.3 Å². The first-order valence-electron chi connectivity index (χ1n) is 6.06. The maximum atomic E-state index is 5.71. The number of hydrogen-bond acceptors (Lipinski definition) is 1. The Morgan fingerprint density at radius 3 is 1.88 bits per heavy atom. The van der Waals surface area contributed by atoms with Crippen molar-refractivity contribution in [3.05, 3.63) is 47.5 Å². The van der Waals surface area contributed by atoms with Gasteiger partial charge < -0.3 is 5.73 Å². The van der Waals surface area contributed by atoms with Crippen LogP contribution in [0.5, 0.6) is 0 Å². The molecule has 2 rings (SSSR count). The largest absolute Gasteiger partial charge is 0.326 e. The third-order valence-electron chi connectivity index (χ3n) is 2.70. The van der Waals surface area contributed by atoms with Gasteiger partial charge in [-0.05, 0) is 28.3 Å². The van der Waals surface area contributed by atoms with Crippen LogP contribution in [-0.2, 0) is 13.0 Å². The molecular formula is C15H21N. The van der Waals surface area contributed by atoms with Gasteiger partial charge in [0.05, 0.1) is 0 Å². The van der Waals surface area contributed by atoms with Crippen molar-refractivity contribution in [2.24, 2.45) is 5.73 Å². The summed E-state index contributed by atoms with van der Waals surface area (Å²) in [5, 5.41) is 2.65. The molecule has 0 saturated carbocycles. The summed E-state index contributed by atoms with van der Waals surface area (Å²) in [6, 6.07) is 12.8. The van der Waals surface area contributed by atoms with E-state index in [0.29, 0.717) is 6.54 Å². The molecule has 0 bridgehead atoms. The molecule has 1 nitrogen and oxygen atoms in total. The van der Waals surface area contributed by atoms with Crippen LogP contribution in [-0.4, -0.2) is 0 Å². The molecule has 0 amide bonds. The Kier molecular flexibility index (Phi) is 5.00. The lowest BCUT2D eigenvalue weighted by Crippen LogP contribution is -1.97. The fourth-order valence-electron chi connectivity index (χ4n) is 1.93. The van der Waals surface area contributed by atoms with Crippen LogP contribution in [0.3, 0.4) is 0 Å². The molecule has 2 N–H and O–H groups in total. The van der Waals surface area contributed by atoms with Crippen LogP contribution < -0.4 is 5.73 Å². The van der Waals surface area contributed by atoms with Crippen molar-refractivity contribution in [2.75, 3.05) is 0 Å². The molecule has 0 unspecified atom stereocenters. The van der Waals surface area contributed by atoms with E-state index < -0.39 is 0 Å². The number of nitrogens with two attached hydrogens (primary N) is 1. The summed E-state index contributed by atoms with van der Waals surface area (Å²) in [6.07, 6.45) is 1.07. The Balaban J connectivity index is 0.000000606. The van der Waals surface area contributed by atoms with Crippen LogP contribution in [0, 0.1) is 0 Å². The van der Waals surface area contributed by atoms with Gasteiger partial charge in [0, 0.05) is 6.54 Å². The summed E-state index contributed by atoms with van der Waals surface area (Å²) in [5.41, 5.74) is 8.34. The van der Waals surface area contributed by atoms with Gasteiger partial charge in [-0.3, -0.25) is 0 Å². The normalized spacial score (nSPS) is 9.75. The van der Waals surface area contributed by atoms with Crippen molar-refractivity contribution in [3.63, 3.8) is 0 Å². The number of fused-ring (bicyclic) bond motifs is 1. The average molecular weight is 215 g/mol.